The SMILES string of the molecule is CC.COCCOc1ccccc1C(C)C. The lowest BCUT2D eigenvalue weighted by Gasteiger charge is -2.13. The molecule has 0 aliphatic carbocycles. The van der Waals surface area contributed by atoms with Crippen molar-refractivity contribution in [3.8, 4) is 5.75 Å². The van der Waals surface area contributed by atoms with Crippen molar-refractivity contribution in [2.45, 2.75) is 33.6 Å². The predicted octanol–water partition coefficient (Wildman–Crippen LogP) is 3.86. The molecule has 16 heavy (non-hydrogen) atoms. The highest BCUT2D eigenvalue weighted by Crippen LogP contribution is 2.25. The molecule has 0 aliphatic heterocycles. The molecule has 0 spiro atoms. The summed E-state index contributed by atoms with van der Waals surface area (Å²) >= 11 is 0. The third-order valence-corrected chi connectivity index (χ3v) is 2.09. The summed E-state index contributed by atoms with van der Waals surface area (Å²) in [6, 6.07) is 8.14. The monoisotopic (exact) mass is 224 g/mol. The van der Waals surface area contributed by atoms with Crippen LogP contribution in [0, 0.1) is 0 Å². The zero-order valence-electron chi connectivity index (χ0n) is 11.1. The second-order valence-electron chi connectivity index (χ2n) is 3.53. The topological polar surface area (TPSA) is 18.5 Å². The first-order valence-electron chi connectivity index (χ1n) is 5.96. The fourth-order valence-corrected chi connectivity index (χ4v) is 1.32. The molecule has 0 heterocycles. The van der Waals surface area contributed by atoms with Crippen LogP contribution in [0.2, 0.25) is 0 Å². The lowest BCUT2D eigenvalue weighted by atomic mass is 10.0. The Hall–Kier alpha value is -1.02. The van der Waals surface area contributed by atoms with Crippen molar-refractivity contribution in [1.29, 1.82) is 0 Å². The van der Waals surface area contributed by atoms with Gasteiger partial charge in [-0.1, -0.05) is 45.9 Å². The number of benzene rings is 1. The first-order valence-corrected chi connectivity index (χ1v) is 5.96. The van der Waals surface area contributed by atoms with E-state index in [1.54, 1.807) is 7.11 Å². The van der Waals surface area contributed by atoms with E-state index in [1.807, 2.05) is 32.0 Å². The summed E-state index contributed by atoms with van der Waals surface area (Å²) in [5.74, 6) is 1.47. The largest absolute Gasteiger partial charge is 0.491 e. The summed E-state index contributed by atoms with van der Waals surface area (Å²) in [7, 11) is 1.68. The highest BCUT2D eigenvalue weighted by Gasteiger charge is 2.05. The smallest absolute Gasteiger partial charge is 0.122 e. The highest BCUT2D eigenvalue weighted by atomic mass is 16.5. The molecule has 0 saturated carbocycles. The van der Waals surface area contributed by atoms with Gasteiger partial charge in [0.1, 0.15) is 12.4 Å². The minimum absolute atomic E-state index is 0.494. The predicted molar refractivity (Wildman–Crippen MR) is 69.3 cm³/mol. The summed E-state index contributed by atoms with van der Waals surface area (Å²) in [6.07, 6.45) is 0. The summed E-state index contributed by atoms with van der Waals surface area (Å²) in [5.41, 5.74) is 1.25. The number of ether oxygens (including phenoxy) is 2. The molecule has 0 radical (unpaired) electrons. The van der Waals surface area contributed by atoms with Crippen molar-refractivity contribution in [3.05, 3.63) is 29.8 Å². The summed E-state index contributed by atoms with van der Waals surface area (Å²) in [6.45, 7) is 9.57. The molecule has 0 aromatic heterocycles. The van der Waals surface area contributed by atoms with E-state index in [2.05, 4.69) is 19.9 Å². The van der Waals surface area contributed by atoms with Crippen LogP contribution < -0.4 is 4.74 Å². The standard InChI is InChI=1S/C12H18O2.C2H6/c1-10(2)11-6-4-5-7-12(11)14-9-8-13-3;1-2/h4-7,10H,8-9H2,1-3H3;1-2H3. The zero-order valence-corrected chi connectivity index (χ0v) is 11.1. The maximum atomic E-state index is 5.61. The van der Waals surface area contributed by atoms with Gasteiger partial charge in [0.15, 0.2) is 0 Å². The third-order valence-electron chi connectivity index (χ3n) is 2.09. The van der Waals surface area contributed by atoms with Crippen molar-refractivity contribution in [1.82, 2.24) is 0 Å². The lowest BCUT2D eigenvalue weighted by Crippen LogP contribution is -2.06. The van der Waals surface area contributed by atoms with Crippen LogP contribution in [0.4, 0.5) is 0 Å². The Morgan fingerprint density at radius 2 is 1.69 bits per heavy atom. The Morgan fingerprint density at radius 1 is 1.06 bits per heavy atom. The maximum Gasteiger partial charge on any atom is 0.122 e. The normalized spacial score (nSPS) is 9.62. The van der Waals surface area contributed by atoms with Crippen molar-refractivity contribution in [2.24, 2.45) is 0 Å². The van der Waals surface area contributed by atoms with E-state index < -0.39 is 0 Å². The number of methoxy groups -OCH3 is 1. The molecule has 1 aromatic carbocycles. The van der Waals surface area contributed by atoms with Crippen LogP contribution in [-0.4, -0.2) is 20.3 Å². The molecule has 1 rings (SSSR count). The molecule has 0 fully saturated rings. The minimum Gasteiger partial charge on any atom is -0.491 e. The van der Waals surface area contributed by atoms with Crippen molar-refractivity contribution in [2.75, 3.05) is 20.3 Å². The van der Waals surface area contributed by atoms with Gasteiger partial charge in [-0.25, -0.2) is 0 Å². The van der Waals surface area contributed by atoms with Crippen LogP contribution in [0.25, 0.3) is 0 Å². The van der Waals surface area contributed by atoms with Crippen LogP contribution >= 0.6 is 0 Å². The highest BCUT2D eigenvalue weighted by molar-refractivity contribution is 5.35. The molecule has 0 atom stereocenters. The van der Waals surface area contributed by atoms with E-state index in [1.165, 1.54) is 5.56 Å². The van der Waals surface area contributed by atoms with Crippen LogP contribution in [-0.2, 0) is 4.74 Å². The van der Waals surface area contributed by atoms with Gasteiger partial charge in [0.25, 0.3) is 0 Å². The Kier molecular flexibility index (Phi) is 8.64. The van der Waals surface area contributed by atoms with Crippen molar-refractivity contribution >= 4 is 0 Å². The van der Waals surface area contributed by atoms with E-state index in [0.717, 1.165) is 5.75 Å². The molecule has 0 aliphatic rings. The van der Waals surface area contributed by atoms with Gasteiger partial charge < -0.3 is 9.47 Å². The molecular weight excluding hydrogens is 200 g/mol. The summed E-state index contributed by atoms with van der Waals surface area (Å²) < 4.78 is 10.6. The van der Waals surface area contributed by atoms with Gasteiger partial charge in [0.05, 0.1) is 6.61 Å². The van der Waals surface area contributed by atoms with Crippen LogP contribution in [0.5, 0.6) is 5.75 Å². The molecule has 2 nitrogen and oxygen atoms in total. The molecule has 1 aromatic rings. The molecule has 92 valence electrons. The third kappa shape index (κ3) is 5.17. The van der Waals surface area contributed by atoms with Gasteiger partial charge in [-0.3, -0.25) is 0 Å². The number of hydrogen-bond donors (Lipinski definition) is 0. The van der Waals surface area contributed by atoms with Gasteiger partial charge in [0.2, 0.25) is 0 Å². The van der Waals surface area contributed by atoms with Gasteiger partial charge in [-0.05, 0) is 17.5 Å². The number of hydrogen-bond acceptors (Lipinski definition) is 2. The van der Waals surface area contributed by atoms with E-state index in [4.69, 9.17) is 9.47 Å². The second-order valence-corrected chi connectivity index (χ2v) is 3.53. The average Bonchev–Trinajstić information content (AvgIpc) is 2.32. The quantitative estimate of drug-likeness (QED) is 0.707. The number of para-hydroxylation sites is 1. The fraction of sp³-hybridized carbons (Fsp3) is 0.571. The van der Waals surface area contributed by atoms with E-state index in [0.29, 0.717) is 19.1 Å². The number of rotatable bonds is 5. The Bertz CT molecular complexity index is 269. The molecule has 2 heteroatoms. The maximum absolute atomic E-state index is 5.61. The fourth-order valence-electron chi connectivity index (χ4n) is 1.32. The molecule has 0 saturated heterocycles. The summed E-state index contributed by atoms with van der Waals surface area (Å²) in [4.78, 5) is 0. The zero-order chi connectivity index (χ0) is 12.4. The Balaban J connectivity index is 0.00000106. The average molecular weight is 224 g/mol. The van der Waals surface area contributed by atoms with Crippen molar-refractivity contribution in [3.63, 3.8) is 0 Å². The van der Waals surface area contributed by atoms with Crippen molar-refractivity contribution < 1.29 is 9.47 Å². The molecule has 0 amide bonds. The van der Waals surface area contributed by atoms with E-state index >= 15 is 0 Å². The second kappa shape index (κ2) is 9.22. The van der Waals surface area contributed by atoms with Crippen LogP contribution in [0.15, 0.2) is 24.3 Å². The molecular formula is C14H24O2. The summed E-state index contributed by atoms with van der Waals surface area (Å²) in [5, 5.41) is 0. The molecule has 0 N–H and O–H groups in total. The van der Waals surface area contributed by atoms with E-state index in [9.17, 15) is 0 Å². The van der Waals surface area contributed by atoms with Gasteiger partial charge in [-0.15, -0.1) is 0 Å². The first-order chi connectivity index (χ1) is 7.75. The Morgan fingerprint density at radius 3 is 2.25 bits per heavy atom. The van der Waals surface area contributed by atoms with Gasteiger partial charge >= 0.3 is 0 Å². The van der Waals surface area contributed by atoms with Gasteiger partial charge in [-0.2, -0.15) is 0 Å². The Labute approximate surface area is 99.6 Å². The molecule has 0 unspecified atom stereocenters. The first kappa shape index (κ1) is 15.0. The lowest BCUT2D eigenvalue weighted by molar-refractivity contribution is 0.145. The van der Waals surface area contributed by atoms with Crippen LogP contribution in [0.1, 0.15) is 39.2 Å². The van der Waals surface area contributed by atoms with Crippen LogP contribution in [0.3, 0.4) is 0 Å². The van der Waals surface area contributed by atoms with E-state index in [-0.39, 0.29) is 0 Å². The molecule has 0 bridgehead atoms. The minimum atomic E-state index is 0.494. The van der Waals surface area contributed by atoms with Gasteiger partial charge in [0, 0.05) is 7.11 Å².